The molecule has 0 amide bonds. The van der Waals surface area contributed by atoms with Crippen LogP contribution in [-0.2, 0) is 9.63 Å². The minimum Gasteiger partial charge on any atom is -0.481 e. The summed E-state index contributed by atoms with van der Waals surface area (Å²) in [6.45, 7) is 0.596. The Morgan fingerprint density at radius 1 is 1.15 bits per heavy atom. The Bertz CT molecular complexity index is 122. The number of hydrogen-bond donors (Lipinski definition) is 2. The molecule has 0 aliphatic rings. The summed E-state index contributed by atoms with van der Waals surface area (Å²) in [6.07, 6.45) is 5.14. The molecule has 0 aliphatic heterocycles. The van der Waals surface area contributed by atoms with Gasteiger partial charge in [0.05, 0.1) is 6.61 Å². The lowest BCUT2D eigenvalue weighted by Crippen LogP contribution is -2.00. The molecule has 0 radical (unpaired) electrons. The van der Waals surface area contributed by atoms with Gasteiger partial charge in [0.1, 0.15) is 0 Å². The minimum absolute atomic E-state index is 0. The molecule has 13 heavy (non-hydrogen) atoms. The molecule has 0 rings (SSSR count). The lowest BCUT2D eigenvalue weighted by molar-refractivity contribution is -0.137. The second-order valence-corrected chi connectivity index (χ2v) is 2.78. The molecule has 0 aromatic carbocycles. The van der Waals surface area contributed by atoms with Gasteiger partial charge in [-0.05, 0) is 12.8 Å². The molecule has 0 aromatic heterocycles. The van der Waals surface area contributed by atoms with Gasteiger partial charge in [0, 0.05) is 6.42 Å². The molecule has 0 unspecified atom stereocenters. The van der Waals surface area contributed by atoms with E-state index in [4.69, 9.17) is 11.0 Å². The summed E-state index contributed by atoms with van der Waals surface area (Å²) >= 11 is 0. The molecule has 0 saturated carbocycles. The molecule has 0 aliphatic carbocycles. The van der Waals surface area contributed by atoms with Gasteiger partial charge in [-0.15, -0.1) is 17.0 Å². The number of carbonyl (C=O) groups is 1. The molecule has 0 bridgehead atoms. The summed E-state index contributed by atoms with van der Waals surface area (Å²) in [7, 11) is 0. The van der Waals surface area contributed by atoms with Gasteiger partial charge in [-0.25, -0.2) is 5.90 Å². The van der Waals surface area contributed by atoms with Crippen LogP contribution in [0.25, 0.3) is 0 Å². The minimum atomic E-state index is -0.708. The fraction of sp³-hybridized carbons (Fsp3) is 0.875. The van der Waals surface area contributed by atoms with E-state index in [-0.39, 0.29) is 23.4 Å². The van der Waals surface area contributed by atoms with Crippen LogP contribution >= 0.6 is 17.0 Å². The third kappa shape index (κ3) is 14.7. The first-order valence-electron chi connectivity index (χ1n) is 4.31. The Morgan fingerprint density at radius 2 is 1.69 bits per heavy atom. The Morgan fingerprint density at radius 3 is 2.23 bits per heavy atom. The van der Waals surface area contributed by atoms with Crippen LogP contribution in [0.4, 0.5) is 0 Å². The van der Waals surface area contributed by atoms with Crippen LogP contribution in [0.5, 0.6) is 0 Å². The third-order valence-corrected chi connectivity index (χ3v) is 1.65. The highest BCUT2D eigenvalue weighted by atomic mass is 79.9. The van der Waals surface area contributed by atoms with Crippen LogP contribution in [0.15, 0.2) is 0 Å². The van der Waals surface area contributed by atoms with Crippen LogP contribution in [0, 0.1) is 0 Å². The standard InChI is InChI=1S/C8H17NO3.BrH/c9-12-7-5-3-1-2-4-6-8(10)11;/h1-7,9H2,(H,10,11);1H. The predicted octanol–water partition coefficient (Wildman–Crippen LogP) is 1.88. The highest BCUT2D eigenvalue weighted by Gasteiger charge is 1.95. The number of aliphatic carboxylic acids is 1. The second kappa shape index (κ2) is 11.9. The maximum atomic E-state index is 10.1. The zero-order valence-electron chi connectivity index (χ0n) is 7.70. The van der Waals surface area contributed by atoms with E-state index in [1.807, 2.05) is 0 Å². The largest absolute Gasteiger partial charge is 0.481 e. The Balaban J connectivity index is 0. The Labute approximate surface area is 89.2 Å². The van der Waals surface area contributed by atoms with Crippen molar-refractivity contribution in [2.45, 2.75) is 38.5 Å². The molecular weight excluding hydrogens is 238 g/mol. The fourth-order valence-corrected chi connectivity index (χ4v) is 0.992. The van der Waals surface area contributed by atoms with E-state index in [1.54, 1.807) is 0 Å². The predicted molar refractivity (Wildman–Crippen MR) is 55.8 cm³/mol. The van der Waals surface area contributed by atoms with Crippen molar-refractivity contribution in [1.29, 1.82) is 0 Å². The van der Waals surface area contributed by atoms with E-state index in [2.05, 4.69) is 4.84 Å². The number of carboxylic acid groups (broad SMARTS) is 1. The molecule has 0 heterocycles. The average molecular weight is 256 g/mol. The molecule has 4 nitrogen and oxygen atoms in total. The summed E-state index contributed by atoms with van der Waals surface area (Å²) < 4.78 is 0. The monoisotopic (exact) mass is 255 g/mol. The van der Waals surface area contributed by atoms with Crippen molar-refractivity contribution in [3.05, 3.63) is 0 Å². The summed E-state index contributed by atoms with van der Waals surface area (Å²) in [4.78, 5) is 14.5. The van der Waals surface area contributed by atoms with Crippen molar-refractivity contribution in [3.8, 4) is 0 Å². The normalized spacial score (nSPS) is 9.31. The first-order valence-corrected chi connectivity index (χ1v) is 4.31. The van der Waals surface area contributed by atoms with Crippen LogP contribution in [0.1, 0.15) is 38.5 Å². The van der Waals surface area contributed by atoms with E-state index in [1.165, 1.54) is 0 Å². The smallest absolute Gasteiger partial charge is 0.303 e. The molecular formula is C8H18BrNO3. The topological polar surface area (TPSA) is 72.5 Å². The van der Waals surface area contributed by atoms with Gasteiger partial charge in [-0.3, -0.25) is 4.79 Å². The van der Waals surface area contributed by atoms with Gasteiger partial charge in [0.15, 0.2) is 0 Å². The lowest BCUT2D eigenvalue weighted by Gasteiger charge is -1.98. The van der Waals surface area contributed by atoms with E-state index in [0.717, 1.165) is 32.1 Å². The highest BCUT2D eigenvalue weighted by Crippen LogP contribution is 2.04. The zero-order chi connectivity index (χ0) is 9.23. The number of carboxylic acids is 1. The lowest BCUT2D eigenvalue weighted by atomic mass is 10.1. The second-order valence-electron chi connectivity index (χ2n) is 2.78. The Hall–Kier alpha value is -0.130. The average Bonchev–Trinajstić information content (AvgIpc) is 2.02. The van der Waals surface area contributed by atoms with Crippen molar-refractivity contribution in [2.75, 3.05) is 6.61 Å². The van der Waals surface area contributed by atoms with Gasteiger partial charge in [0.25, 0.3) is 0 Å². The molecule has 0 aromatic rings. The molecule has 0 atom stereocenters. The first-order chi connectivity index (χ1) is 5.77. The number of halogens is 1. The van der Waals surface area contributed by atoms with Gasteiger partial charge in [-0.1, -0.05) is 19.3 Å². The van der Waals surface area contributed by atoms with Crippen LogP contribution in [-0.4, -0.2) is 17.7 Å². The fourth-order valence-electron chi connectivity index (χ4n) is 0.992. The number of unbranched alkanes of at least 4 members (excludes halogenated alkanes) is 4. The first kappa shape index (κ1) is 15.3. The molecule has 3 N–H and O–H groups in total. The molecule has 0 spiro atoms. The number of rotatable bonds is 8. The van der Waals surface area contributed by atoms with E-state index < -0.39 is 5.97 Å². The maximum absolute atomic E-state index is 10.1. The summed E-state index contributed by atoms with van der Waals surface area (Å²) in [5, 5.41) is 8.32. The van der Waals surface area contributed by atoms with Crippen LogP contribution < -0.4 is 5.90 Å². The van der Waals surface area contributed by atoms with Crippen molar-refractivity contribution >= 4 is 23.0 Å². The van der Waals surface area contributed by atoms with Crippen molar-refractivity contribution in [3.63, 3.8) is 0 Å². The van der Waals surface area contributed by atoms with E-state index in [0.29, 0.717) is 6.61 Å². The van der Waals surface area contributed by atoms with Crippen LogP contribution in [0.3, 0.4) is 0 Å². The SMILES string of the molecule is Br.NOCCCCCCCC(=O)O. The van der Waals surface area contributed by atoms with Crippen LogP contribution in [0.2, 0.25) is 0 Å². The van der Waals surface area contributed by atoms with Gasteiger partial charge in [-0.2, -0.15) is 0 Å². The van der Waals surface area contributed by atoms with Crippen molar-refractivity contribution in [1.82, 2.24) is 0 Å². The molecule has 0 saturated heterocycles. The van der Waals surface area contributed by atoms with Gasteiger partial charge in [0.2, 0.25) is 0 Å². The Kier molecular flexibility index (Phi) is 14.0. The molecule has 5 heteroatoms. The summed E-state index contributed by atoms with van der Waals surface area (Å²) in [5.41, 5.74) is 0. The number of hydrogen-bond acceptors (Lipinski definition) is 3. The third-order valence-electron chi connectivity index (χ3n) is 1.65. The maximum Gasteiger partial charge on any atom is 0.303 e. The highest BCUT2D eigenvalue weighted by molar-refractivity contribution is 8.93. The summed E-state index contributed by atoms with van der Waals surface area (Å²) in [6, 6.07) is 0. The quantitative estimate of drug-likeness (QED) is 0.513. The molecule has 0 fully saturated rings. The summed E-state index contributed by atoms with van der Waals surface area (Å²) in [5.74, 6) is 4.12. The van der Waals surface area contributed by atoms with Crippen molar-refractivity contribution in [2.24, 2.45) is 5.90 Å². The molecule has 80 valence electrons. The van der Waals surface area contributed by atoms with Gasteiger partial charge >= 0.3 is 5.97 Å². The van der Waals surface area contributed by atoms with Crippen molar-refractivity contribution < 1.29 is 14.7 Å². The van der Waals surface area contributed by atoms with E-state index >= 15 is 0 Å². The zero-order valence-corrected chi connectivity index (χ0v) is 9.41. The number of nitrogens with two attached hydrogens (primary N) is 1. The van der Waals surface area contributed by atoms with Gasteiger partial charge < -0.3 is 9.94 Å². The van der Waals surface area contributed by atoms with E-state index in [9.17, 15) is 4.79 Å².